The van der Waals surface area contributed by atoms with Crippen molar-refractivity contribution in [3.05, 3.63) is 99.4 Å². The van der Waals surface area contributed by atoms with Crippen molar-refractivity contribution in [2.75, 3.05) is 12.4 Å². The Balaban J connectivity index is 1.58. The number of carbonyl (C=O) groups excluding carboxylic acids is 1. The van der Waals surface area contributed by atoms with E-state index in [2.05, 4.69) is 49.3 Å². The lowest BCUT2D eigenvalue weighted by atomic mass is 10.0. The van der Waals surface area contributed by atoms with Gasteiger partial charge in [0.25, 0.3) is 5.91 Å². The molecule has 0 aliphatic heterocycles. The molecule has 3 aromatic carbocycles. The van der Waals surface area contributed by atoms with Gasteiger partial charge in [-0.1, -0.05) is 31.2 Å². The number of nitrogens with one attached hydrogen (secondary N) is 1. The summed E-state index contributed by atoms with van der Waals surface area (Å²) in [5, 5.41) is 4.27. The number of ether oxygens (including phenoxy) is 1. The lowest BCUT2D eigenvalue weighted by Crippen LogP contribution is -2.21. The van der Waals surface area contributed by atoms with Crippen molar-refractivity contribution in [2.45, 2.75) is 34.1 Å². The summed E-state index contributed by atoms with van der Waals surface area (Å²) < 4.78 is 11.5. The molecule has 0 bridgehead atoms. The molecule has 1 N–H and O–H groups in total. The Morgan fingerprint density at radius 3 is 2.61 bits per heavy atom. The van der Waals surface area contributed by atoms with Crippen molar-refractivity contribution in [3.8, 4) is 17.0 Å². The molecule has 0 aliphatic rings. The highest BCUT2D eigenvalue weighted by Gasteiger charge is 2.18. The minimum atomic E-state index is -0.340. The van der Waals surface area contributed by atoms with Gasteiger partial charge in [-0.2, -0.15) is 0 Å². The van der Waals surface area contributed by atoms with Gasteiger partial charge in [0.05, 0.1) is 18.5 Å². The predicted molar refractivity (Wildman–Crippen MR) is 154 cm³/mol. The van der Waals surface area contributed by atoms with Crippen molar-refractivity contribution in [1.29, 1.82) is 0 Å². The minimum absolute atomic E-state index is 0.229. The fourth-order valence-electron chi connectivity index (χ4n) is 4.22. The summed E-state index contributed by atoms with van der Waals surface area (Å²) in [4.78, 5) is 24.2. The summed E-state index contributed by atoms with van der Waals surface area (Å²) in [6.07, 6.45) is 0.814. The fraction of sp³-hybridized carbons (Fsp3) is 0.194. The van der Waals surface area contributed by atoms with E-state index in [0.717, 1.165) is 33.5 Å². The molecule has 192 valence electrons. The summed E-state index contributed by atoms with van der Waals surface area (Å²) in [7, 11) is 1.61. The molecule has 0 aliphatic carbocycles. The number of hydrogen-bond acceptors (Lipinski definition) is 6. The number of carbonyl (C=O) groups is 1. The maximum Gasteiger partial charge on any atom is 0.262 e. The minimum Gasteiger partial charge on any atom is -0.497 e. The molecule has 0 unspecified atom stereocenters. The van der Waals surface area contributed by atoms with Crippen molar-refractivity contribution in [1.82, 2.24) is 4.98 Å². The highest BCUT2D eigenvalue weighted by atomic mass is 32.1. The molecule has 2 heterocycles. The molecule has 0 spiro atoms. The van der Waals surface area contributed by atoms with Crippen molar-refractivity contribution in [3.63, 3.8) is 0 Å². The monoisotopic (exact) mass is 523 g/mol. The summed E-state index contributed by atoms with van der Waals surface area (Å²) in [5.41, 5.74) is 7.30. The Morgan fingerprint density at radius 1 is 1.03 bits per heavy atom. The Bertz CT molecular complexity index is 1730. The topological polar surface area (TPSA) is 76.7 Å². The number of fused-ring (bicyclic) bond motifs is 1. The van der Waals surface area contributed by atoms with E-state index in [1.165, 1.54) is 22.5 Å². The lowest BCUT2D eigenvalue weighted by molar-refractivity contribution is 0.102. The lowest BCUT2D eigenvalue weighted by Gasteiger charge is -2.07. The molecule has 0 saturated carbocycles. The van der Waals surface area contributed by atoms with Crippen molar-refractivity contribution < 1.29 is 13.9 Å². The third-order valence-electron chi connectivity index (χ3n) is 6.45. The number of rotatable bonds is 6. The smallest absolute Gasteiger partial charge is 0.262 e. The van der Waals surface area contributed by atoms with E-state index < -0.39 is 0 Å². The summed E-state index contributed by atoms with van der Waals surface area (Å²) >= 11 is 1.48. The van der Waals surface area contributed by atoms with Crippen LogP contribution in [0.1, 0.15) is 38.8 Å². The zero-order chi connectivity index (χ0) is 26.8. The number of hydrogen-bond donors (Lipinski definition) is 1. The quantitative estimate of drug-likeness (QED) is 0.249. The molecule has 1 amide bonds. The van der Waals surface area contributed by atoms with Crippen LogP contribution >= 0.6 is 11.3 Å². The van der Waals surface area contributed by atoms with Gasteiger partial charge in [-0.15, -0.1) is 11.3 Å². The highest BCUT2D eigenvalue weighted by Crippen LogP contribution is 2.33. The molecule has 5 rings (SSSR count). The molecule has 0 fully saturated rings. The van der Waals surface area contributed by atoms with Gasteiger partial charge in [0.1, 0.15) is 16.9 Å². The number of methoxy groups -OCH3 is 1. The zero-order valence-electron chi connectivity index (χ0n) is 22.1. The van der Waals surface area contributed by atoms with Crippen LogP contribution in [0.2, 0.25) is 0 Å². The Labute approximate surface area is 225 Å². The van der Waals surface area contributed by atoms with E-state index in [1.807, 2.05) is 49.4 Å². The summed E-state index contributed by atoms with van der Waals surface area (Å²) in [6, 6.07) is 21.3. The van der Waals surface area contributed by atoms with E-state index >= 15 is 0 Å². The molecule has 7 heteroatoms. The molecule has 38 heavy (non-hydrogen) atoms. The average molecular weight is 524 g/mol. The van der Waals surface area contributed by atoms with Gasteiger partial charge < -0.3 is 9.15 Å². The van der Waals surface area contributed by atoms with E-state index in [-0.39, 0.29) is 11.5 Å². The zero-order valence-corrected chi connectivity index (χ0v) is 22.9. The van der Waals surface area contributed by atoms with Crippen LogP contribution in [-0.2, 0) is 6.42 Å². The number of benzene rings is 3. The Kier molecular flexibility index (Phi) is 7.11. The molecule has 0 radical (unpaired) electrons. The first kappa shape index (κ1) is 25.4. The second-order valence-electron chi connectivity index (χ2n) is 9.22. The molecule has 6 nitrogen and oxygen atoms in total. The van der Waals surface area contributed by atoms with Crippen LogP contribution in [0.3, 0.4) is 0 Å². The third-order valence-corrected chi connectivity index (χ3v) is 7.57. The first-order valence-electron chi connectivity index (χ1n) is 12.5. The van der Waals surface area contributed by atoms with Crippen LogP contribution in [0.5, 0.6) is 5.75 Å². The van der Waals surface area contributed by atoms with Crippen LogP contribution in [0.25, 0.3) is 22.2 Å². The molecule has 0 atom stereocenters. The van der Waals surface area contributed by atoms with Gasteiger partial charge in [0.15, 0.2) is 5.13 Å². The highest BCUT2D eigenvalue weighted by molar-refractivity contribution is 7.16. The van der Waals surface area contributed by atoms with E-state index in [9.17, 15) is 4.79 Å². The largest absolute Gasteiger partial charge is 0.497 e. The van der Waals surface area contributed by atoms with Gasteiger partial charge in [0.2, 0.25) is 5.55 Å². The van der Waals surface area contributed by atoms with Gasteiger partial charge >= 0.3 is 0 Å². The first-order chi connectivity index (χ1) is 18.3. The van der Waals surface area contributed by atoms with Gasteiger partial charge in [0, 0.05) is 15.8 Å². The second-order valence-corrected chi connectivity index (χ2v) is 10.3. The number of thiazole rings is 1. The van der Waals surface area contributed by atoms with Gasteiger partial charge in [-0.05, 0) is 86.3 Å². The maximum atomic E-state index is 13.6. The molecular formula is C31H29N3O3S. The summed E-state index contributed by atoms with van der Waals surface area (Å²) in [5.74, 6) is 0.334. The normalized spacial score (nSPS) is 11.7. The van der Waals surface area contributed by atoms with Crippen molar-refractivity contribution >= 4 is 39.0 Å². The number of amides is 1. The Hall–Kier alpha value is -4.23. The van der Waals surface area contributed by atoms with E-state index in [0.29, 0.717) is 27.7 Å². The van der Waals surface area contributed by atoms with Crippen LogP contribution in [0.4, 0.5) is 10.8 Å². The summed E-state index contributed by atoms with van der Waals surface area (Å²) in [6.45, 7) is 8.28. The van der Waals surface area contributed by atoms with Crippen LogP contribution in [0, 0.1) is 20.8 Å². The van der Waals surface area contributed by atoms with Gasteiger partial charge in [-0.3, -0.25) is 10.1 Å². The molecule has 5 aromatic rings. The van der Waals surface area contributed by atoms with Crippen LogP contribution in [0.15, 0.2) is 76.1 Å². The number of nitrogens with zero attached hydrogens (tertiary/aromatic N) is 2. The molecule has 0 saturated heterocycles. The number of aromatic nitrogens is 1. The number of aryl methyl sites for hydroxylation is 4. The van der Waals surface area contributed by atoms with E-state index in [1.54, 1.807) is 13.2 Å². The molecule has 2 aromatic heterocycles. The molecular weight excluding hydrogens is 494 g/mol. The van der Waals surface area contributed by atoms with Gasteiger partial charge in [-0.25, -0.2) is 9.98 Å². The van der Waals surface area contributed by atoms with Crippen LogP contribution < -0.4 is 15.6 Å². The SMILES string of the molecule is CCc1sc(NC(=O)c2cc3cc(OC)ccc3oc2=Nc2cccc(C)c2)nc1-c1ccc(C)c(C)c1. The average Bonchev–Trinajstić information content (AvgIpc) is 3.32. The fourth-order valence-corrected chi connectivity index (χ4v) is 5.14. The predicted octanol–water partition coefficient (Wildman–Crippen LogP) is 7.54. The Morgan fingerprint density at radius 2 is 1.87 bits per heavy atom. The first-order valence-corrected chi connectivity index (χ1v) is 13.3. The van der Waals surface area contributed by atoms with Crippen molar-refractivity contribution in [2.24, 2.45) is 4.99 Å². The number of anilines is 1. The second kappa shape index (κ2) is 10.6. The van der Waals surface area contributed by atoms with Crippen LogP contribution in [-0.4, -0.2) is 18.0 Å². The maximum absolute atomic E-state index is 13.6. The van der Waals surface area contributed by atoms with E-state index in [4.69, 9.17) is 14.1 Å². The standard InChI is InChI=1S/C31H29N3O3S/c1-6-27-28(21-11-10-19(3)20(4)15-21)33-31(38-27)34-29(35)25-17-22-16-24(36-5)12-13-26(22)37-30(25)32-23-9-7-8-18(2)14-23/h7-17H,6H2,1-5H3,(H,33,34,35). The third kappa shape index (κ3) is 5.24.